The number of benzene rings is 2. The summed E-state index contributed by atoms with van der Waals surface area (Å²) in [6.07, 6.45) is 0. The van der Waals surface area contributed by atoms with Gasteiger partial charge in [0.15, 0.2) is 6.61 Å². The molecule has 2 aromatic carbocycles. The summed E-state index contributed by atoms with van der Waals surface area (Å²) in [4.78, 5) is 24.6. The number of hydrogen-bond donors (Lipinski definition) is 2. The van der Waals surface area contributed by atoms with Crippen molar-refractivity contribution >= 4 is 33.4 Å². The minimum absolute atomic E-state index is 0.0591. The predicted octanol–water partition coefficient (Wildman–Crippen LogP) is 3.61. The van der Waals surface area contributed by atoms with E-state index in [1.807, 2.05) is 44.2 Å². The molecule has 2 rings (SSSR count). The zero-order valence-corrected chi connectivity index (χ0v) is 15.7. The van der Waals surface area contributed by atoms with Crippen LogP contribution in [0.4, 0.5) is 5.69 Å². The number of halogens is 1. The number of hydrogen-bond acceptors (Lipinski definition) is 3. The predicted molar refractivity (Wildman–Crippen MR) is 101 cm³/mol. The maximum atomic E-state index is 12.5. The molecular weight excluding hydrogens is 384 g/mol. The molecule has 0 aliphatic carbocycles. The number of para-hydroxylation sites is 1. The minimum Gasteiger partial charge on any atom is -0.484 e. The molecule has 2 N–H and O–H groups in total. The summed E-state index contributed by atoms with van der Waals surface area (Å²) in [5, 5.41) is 5.55. The molecule has 0 fully saturated rings. The first-order chi connectivity index (χ1) is 12.0. The number of nitrogens with one attached hydrogen (secondary N) is 2. The maximum Gasteiger partial charge on any atom is 0.258 e. The number of rotatable bonds is 7. The third-order valence-corrected chi connectivity index (χ3v) is 4.02. The van der Waals surface area contributed by atoms with Gasteiger partial charge in [-0.25, -0.2) is 0 Å². The van der Waals surface area contributed by atoms with Crippen molar-refractivity contribution in [3.63, 3.8) is 0 Å². The number of anilines is 1. The lowest BCUT2D eigenvalue weighted by Crippen LogP contribution is -2.48. The molecule has 0 aromatic heterocycles. The second-order valence-electron chi connectivity index (χ2n) is 5.89. The Morgan fingerprint density at radius 1 is 1.04 bits per heavy atom. The van der Waals surface area contributed by atoms with Crippen LogP contribution in [-0.4, -0.2) is 24.5 Å². The average Bonchev–Trinajstić information content (AvgIpc) is 2.60. The maximum absolute atomic E-state index is 12.5. The van der Waals surface area contributed by atoms with Crippen LogP contribution in [0.15, 0.2) is 59.1 Å². The highest BCUT2D eigenvalue weighted by Crippen LogP contribution is 2.15. The van der Waals surface area contributed by atoms with Gasteiger partial charge in [-0.15, -0.1) is 0 Å². The van der Waals surface area contributed by atoms with E-state index in [4.69, 9.17) is 4.74 Å². The second-order valence-corrected chi connectivity index (χ2v) is 6.80. The Kier molecular flexibility index (Phi) is 7.01. The first kappa shape index (κ1) is 19.0. The highest BCUT2D eigenvalue weighted by atomic mass is 79.9. The van der Waals surface area contributed by atoms with Gasteiger partial charge in [-0.1, -0.05) is 48.0 Å². The summed E-state index contributed by atoms with van der Waals surface area (Å²) in [6, 6.07) is 15.7. The molecule has 2 aromatic rings. The Bertz CT molecular complexity index is 702. The monoisotopic (exact) mass is 404 g/mol. The Hall–Kier alpha value is -2.34. The van der Waals surface area contributed by atoms with Gasteiger partial charge in [0.1, 0.15) is 11.8 Å². The zero-order chi connectivity index (χ0) is 18.2. The molecule has 0 heterocycles. The molecule has 0 spiro atoms. The number of carbonyl (C=O) groups excluding carboxylic acids is 2. The molecule has 25 heavy (non-hydrogen) atoms. The van der Waals surface area contributed by atoms with Crippen molar-refractivity contribution in [1.82, 2.24) is 5.32 Å². The standard InChI is InChI=1S/C19H21BrN2O3/c1-13(2)18(19(24)21-15-10-8-14(20)9-11-15)22-17(23)12-25-16-6-4-3-5-7-16/h3-11,13,18H,12H2,1-2H3,(H,21,24)(H,22,23)/t18-/m0/s1. The molecule has 0 aliphatic heterocycles. The van der Waals surface area contributed by atoms with Gasteiger partial charge >= 0.3 is 0 Å². The van der Waals surface area contributed by atoms with E-state index in [9.17, 15) is 9.59 Å². The Balaban J connectivity index is 1.91. The molecule has 0 radical (unpaired) electrons. The van der Waals surface area contributed by atoms with Gasteiger partial charge in [-0.2, -0.15) is 0 Å². The topological polar surface area (TPSA) is 67.4 Å². The molecule has 6 heteroatoms. The fraction of sp³-hybridized carbons (Fsp3) is 0.263. The van der Waals surface area contributed by atoms with Gasteiger partial charge in [-0.05, 0) is 42.3 Å². The van der Waals surface area contributed by atoms with Gasteiger partial charge in [0, 0.05) is 10.2 Å². The van der Waals surface area contributed by atoms with Gasteiger partial charge in [-0.3, -0.25) is 9.59 Å². The summed E-state index contributed by atoms with van der Waals surface area (Å²) >= 11 is 3.35. The summed E-state index contributed by atoms with van der Waals surface area (Å²) in [7, 11) is 0. The SMILES string of the molecule is CC(C)[C@H](NC(=O)COc1ccccc1)C(=O)Nc1ccc(Br)cc1. The van der Waals surface area contributed by atoms with Crippen LogP contribution >= 0.6 is 15.9 Å². The van der Waals surface area contributed by atoms with Crippen molar-refractivity contribution < 1.29 is 14.3 Å². The van der Waals surface area contributed by atoms with E-state index in [1.54, 1.807) is 24.3 Å². The lowest BCUT2D eigenvalue weighted by molar-refractivity contribution is -0.128. The molecule has 1 atom stereocenters. The van der Waals surface area contributed by atoms with E-state index in [1.165, 1.54) is 0 Å². The van der Waals surface area contributed by atoms with E-state index in [0.29, 0.717) is 11.4 Å². The number of carbonyl (C=O) groups is 2. The van der Waals surface area contributed by atoms with Crippen LogP contribution in [0.3, 0.4) is 0 Å². The third kappa shape index (κ3) is 6.23. The lowest BCUT2D eigenvalue weighted by atomic mass is 10.0. The van der Waals surface area contributed by atoms with Crippen molar-refractivity contribution in [2.45, 2.75) is 19.9 Å². The lowest BCUT2D eigenvalue weighted by Gasteiger charge is -2.21. The Morgan fingerprint density at radius 2 is 1.68 bits per heavy atom. The number of amides is 2. The van der Waals surface area contributed by atoms with E-state index in [0.717, 1.165) is 4.47 Å². The molecule has 0 saturated carbocycles. The van der Waals surface area contributed by atoms with Crippen LogP contribution in [0.25, 0.3) is 0 Å². The first-order valence-electron chi connectivity index (χ1n) is 7.99. The quantitative estimate of drug-likeness (QED) is 0.740. The van der Waals surface area contributed by atoms with Crippen LogP contribution in [0.5, 0.6) is 5.75 Å². The molecule has 132 valence electrons. The van der Waals surface area contributed by atoms with Crippen LogP contribution in [0, 0.1) is 5.92 Å². The third-order valence-electron chi connectivity index (χ3n) is 3.49. The average molecular weight is 405 g/mol. The van der Waals surface area contributed by atoms with Crippen LogP contribution in [0.2, 0.25) is 0 Å². The molecule has 0 bridgehead atoms. The summed E-state index contributed by atoms with van der Waals surface area (Å²) in [6.45, 7) is 3.62. The fourth-order valence-electron chi connectivity index (χ4n) is 2.17. The van der Waals surface area contributed by atoms with Crippen molar-refractivity contribution in [1.29, 1.82) is 0 Å². The Morgan fingerprint density at radius 3 is 2.28 bits per heavy atom. The summed E-state index contributed by atoms with van der Waals surface area (Å²) < 4.78 is 6.34. The molecule has 0 aliphatic rings. The fourth-order valence-corrected chi connectivity index (χ4v) is 2.43. The second kappa shape index (κ2) is 9.22. The van der Waals surface area contributed by atoms with E-state index in [-0.39, 0.29) is 24.3 Å². The largest absolute Gasteiger partial charge is 0.484 e. The van der Waals surface area contributed by atoms with Crippen LogP contribution < -0.4 is 15.4 Å². The summed E-state index contributed by atoms with van der Waals surface area (Å²) in [5.74, 6) is -0.0481. The van der Waals surface area contributed by atoms with Gasteiger partial charge in [0.2, 0.25) is 5.91 Å². The van der Waals surface area contributed by atoms with Gasteiger partial charge in [0.25, 0.3) is 5.91 Å². The van der Waals surface area contributed by atoms with Crippen molar-refractivity contribution in [2.24, 2.45) is 5.92 Å². The normalized spacial score (nSPS) is 11.7. The smallest absolute Gasteiger partial charge is 0.258 e. The number of ether oxygens (including phenoxy) is 1. The van der Waals surface area contributed by atoms with Crippen LogP contribution in [-0.2, 0) is 9.59 Å². The highest BCUT2D eigenvalue weighted by Gasteiger charge is 2.24. The first-order valence-corrected chi connectivity index (χ1v) is 8.78. The summed E-state index contributed by atoms with van der Waals surface area (Å²) in [5.41, 5.74) is 0.675. The van der Waals surface area contributed by atoms with Crippen molar-refractivity contribution in [3.8, 4) is 5.75 Å². The van der Waals surface area contributed by atoms with E-state index in [2.05, 4.69) is 26.6 Å². The minimum atomic E-state index is -0.643. The zero-order valence-electron chi connectivity index (χ0n) is 14.2. The van der Waals surface area contributed by atoms with Crippen LogP contribution in [0.1, 0.15) is 13.8 Å². The van der Waals surface area contributed by atoms with E-state index >= 15 is 0 Å². The molecule has 0 saturated heterocycles. The molecule has 5 nitrogen and oxygen atoms in total. The van der Waals surface area contributed by atoms with Gasteiger partial charge in [0.05, 0.1) is 0 Å². The molecular formula is C19H21BrN2O3. The van der Waals surface area contributed by atoms with E-state index < -0.39 is 6.04 Å². The van der Waals surface area contributed by atoms with Crippen molar-refractivity contribution in [2.75, 3.05) is 11.9 Å². The molecule has 2 amide bonds. The van der Waals surface area contributed by atoms with Gasteiger partial charge < -0.3 is 15.4 Å². The Labute approximate surface area is 155 Å². The molecule has 0 unspecified atom stereocenters. The highest BCUT2D eigenvalue weighted by molar-refractivity contribution is 9.10. The van der Waals surface area contributed by atoms with Crippen molar-refractivity contribution in [3.05, 3.63) is 59.1 Å².